The first-order valence-corrected chi connectivity index (χ1v) is 14.5. The molecule has 4 aliphatic rings. The average Bonchev–Trinajstić information content (AvgIpc) is 3.14. The summed E-state index contributed by atoms with van der Waals surface area (Å²) in [4.78, 5) is 21.5. The minimum Gasteiger partial charge on any atom is -0.496 e. The molecule has 0 radical (unpaired) electrons. The topological polar surface area (TPSA) is 116 Å². The molecule has 11 nitrogen and oxygen atoms in total. The number of amidine groups is 1. The molecule has 0 saturated carbocycles. The van der Waals surface area contributed by atoms with Crippen molar-refractivity contribution in [1.82, 2.24) is 30.2 Å². The summed E-state index contributed by atoms with van der Waals surface area (Å²) < 4.78 is 21.3. The number of alkyl carbamates (subject to hydrolysis) is 1. The van der Waals surface area contributed by atoms with Crippen molar-refractivity contribution in [2.24, 2.45) is 4.40 Å². The van der Waals surface area contributed by atoms with Crippen LogP contribution in [0, 0.1) is 13.8 Å². The van der Waals surface area contributed by atoms with E-state index in [4.69, 9.17) is 24.4 Å². The summed E-state index contributed by atoms with van der Waals surface area (Å²) in [5.41, 5.74) is 6.76. The van der Waals surface area contributed by atoms with Crippen LogP contribution < -0.4 is 10.1 Å². The molecule has 1 saturated heterocycles. The van der Waals surface area contributed by atoms with Crippen LogP contribution in [0.15, 0.2) is 16.7 Å². The predicted molar refractivity (Wildman–Crippen MR) is 154 cm³/mol. The third-order valence-corrected chi connectivity index (χ3v) is 7.71. The molecule has 1 fully saturated rings. The van der Waals surface area contributed by atoms with Crippen molar-refractivity contribution in [3.05, 3.63) is 45.9 Å². The fraction of sp³-hybridized carbons (Fsp3) is 0.536. The van der Waals surface area contributed by atoms with E-state index in [9.17, 15) is 4.79 Å². The normalized spacial score (nSPS) is 16.0. The number of pyridine rings is 1. The third kappa shape index (κ3) is 6.24. The number of carbonyl (C=O) groups is 1. The lowest BCUT2D eigenvalue weighted by molar-refractivity contribution is 0.0384. The van der Waals surface area contributed by atoms with Crippen LogP contribution in [-0.2, 0) is 28.2 Å². The number of carbonyl (C=O) groups excluding carboxylic acids is 1. The molecule has 1 aliphatic carbocycles. The monoisotopic (exact) mass is 567 g/mol. The number of methoxy groups -OCH3 is 1. The molecule has 0 aromatic carbocycles. The minimum atomic E-state index is -0.644. The number of aryl methyl sites for hydroxylation is 1. The van der Waals surface area contributed by atoms with Crippen LogP contribution in [0.3, 0.4) is 0 Å². The number of hydrogen-bond donors (Lipinski definition) is 1. The van der Waals surface area contributed by atoms with E-state index in [0.717, 1.165) is 78.7 Å². The predicted octanol–water partition coefficient (Wildman–Crippen LogP) is 3.76. The molecule has 5 rings (SSSR count). The lowest BCUT2D eigenvalue weighted by atomic mass is 10.1. The molecular formula is C28H37N7O4S. The van der Waals surface area contributed by atoms with E-state index in [1.54, 1.807) is 18.1 Å². The van der Waals surface area contributed by atoms with Gasteiger partial charge in [-0.15, -0.1) is 0 Å². The highest BCUT2D eigenvalue weighted by molar-refractivity contribution is 7.97. The van der Waals surface area contributed by atoms with E-state index in [2.05, 4.69) is 25.7 Å². The Labute approximate surface area is 239 Å². The fourth-order valence-electron chi connectivity index (χ4n) is 5.07. The number of nitrogens with one attached hydrogen (secondary N) is 1. The van der Waals surface area contributed by atoms with E-state index in [1.807, 2.05) is 34.6 Å². The Kier molecular flexibility index (Phi) is 8.29. The maximum absolute atomic E-state index is 12.8. The SMILES string of the molecule is COc1c(C)cnc(Cn2nc3cc(CCN4CCOCC4)c4c-3c(n2)C(NC(=O)OC(C)(C)C)=NSC4)c1C. The largest absolute Gasteiger partial charge is 0.496 e. The molecule has 0 spiro atoms. The standard InChI is InChI=1S/C28H37N7O4S/c1-17-14-29-22(18(2)25(17)37-6)15-35-31-21-13-19(7-8-34-9-11-38-12-10-34)20-16-40-33-26(24(32-35)23(20)21)30-27(36)39-28(3,4)5/h13-14H,7-12,15-16H2,1-6H3,(H,30,33,36). The van der Waals surface area contributed by atoms with Crippen LogP contribution in [-0.4, -0.2) is 82.4 Å². The Morgan fingerprint density at radius 1 is 1.20 bits per heavy atom. The molecule has 12 heteroatoms. The molecule has 1 amide bonds. The number of aromatic nitrogens is 4. The summed E-state index contributed by atoms with van der Waals surface area (Å²) in [6, 6.07) is 2.15. The van der Waals surface area contributed by atoms with Gasteiger partial charge in [-0.3, -0.25) is 15.2 Å². The molecule has 0 bridgehead atoms. The van der Waals surface area contributed by atoms with Crippen molar-refractivity contribution >= 4 is 23.9 Å². The number of ether oxygens (including phenoxy) is 3. The van der Waals surface area contributed by atoms with Crippen molar-refractivity contribution in [3.8, 4) is 17.0 Å². The first-order chi connectivity index (χ1) is 19.1. The number of hydrogen-bond acceptors (Lipinski definition) is 10. The van der Waals surface area contributed by atoms with Crippen LogP contribution in [0.4, 0.5) is 4.79 Å². The molecule has 3 aliphatic heterocycles. The van der Waals surface area contributed by atoms with Gasteiger partial charge in [0.2, 0.25) is 0 Å². The second kappa shape index (κ2) is 11.7. The van der Waals surface area contributed by atoms with Gasteiger partial charge in [-0.25, -0.2) is 4.79 Å². The first-order valence-electron chi connectivity index (χ1n) is 13.5. The molecule has 0 atom stereocenters. The van der Waals surface area contributed by atoms with Crippen LogP contribution in [0.1, 0.15) is 54.4 Å². The number of rotatable bonds is 6. The molecule has 214 valence electrons. The van der Waals surface area contributed by atoms with E-state index < -0.39 is 11.7 Å². The second-order valence-corrected chi connectivity index (χ2v) is 11.8. The molecule has 0 unspecified atom stereocenters. The van der Waals surface area contributed by atoms with Gasteiger partial charge in [0.05, 0.1) is 31.7 Å². The zero-order chi connectivity index (χ0) is 28.4. The van der Waals surface area contributed by atoms with Gasteiger partial charge in [0.15, 0.2) is 5.84 Å². The zero-order valence-electron chi connectivity index (χ0n) is 24.0. The highest BCUT2D eigenvalue weighted by atomic mass is 32.2. The second-order valence-electron chi connectivity index (χ2n) is 11.1. The van der Waals surface area contributed by atoms with Gasteiger partial charge >= 0.3 is 6.09 Å². The van der Waals surface area contributed by atoms with Gasteiger partial charge in [-0.05, 0) is 70.2 Å². The van der Waals surface area contributed by atoms with Gasteiger partial charge in [0.1, 0.15) is 23.6 Å². The van der Waals surface area contributed by atoms with E-state index in [0.29, 0.717) is 23.8 Å². The maximum Gasteiger partial charge on any atom is 0.413 e. The smallest absolute Gasteiger partial charge is 0.413 e. The Bertz CT molecular complexity index is 1390. The van der Waals surface area contributed by atoms with Gasteiger partial charge in [0, 0.05) is 48.3 Å². The molecule has 1 N–H and O–H groups in total. The Hall–Kier alpha value is -3.22. The number of morpholine rings is 1. The zero-order valence-corrected chi connectivity index (χ0v) is 24.9. The van der Waals surface area contributed by atoms with Crippen LogP contribution >= 0.6 is 11.9 Å². The van der Waals surface area contributed by atoms with E-state index in [-0.39, 0.29) is 0 Å². The summed E-state index contributed by atoms with van der Waals surface area (Å²) in [7, 11) is 1.66. The minimum absolute atomic E-state index is 0.335. The van der Waals surface area contributed by atoms with Gasteiger partial charge in [-0.2, -0.15) is 19.4 Å². The maximum atomic E-state index is 12.8. The number of amides is 1. The highest BCUT2D eigenvalue weighted by Crippen LogP contribution is 2.38. The van der Waals surface area contributed by atoms with E-state index in [1.165, 1.54) is 17.5 Å². The van der Waals surface area contributed by atoms with Gasteiger partial charge in [0.25, 0.3) is 0 Å². The summed E-state index contributed by atoms with van der Waals surface area (Å²) in [6.07, 6.45) is 2.11. The lowest BCUT2D eigenvalue weighted by Gasteiger charge is -2.26. The van der Waals surface area contributed by atoms with Crippen molar-refractivity contribution in [3.63, 3.8) is 0 Å². The summed E-state index contributed by atoms with van der Waals surface area (Å²) >= 11 is 1.39. The first kappa shape index (κ1) is 28.3. The van der Waals surface area contributed by atoms with Crippen molar-refractivity contribution in [1.29, 1.82) is 0 Å². The fourth-order valence-corrected chi connectivity index (χ4v) is 5.86. The molecule has 1 aromatic rings. The third-order valence-electron chi connectivity index (χ3n) is 6.98. The summed E-state index contributed by atoms with van der Waals surface area (Å²) in [5.74, 6) is 1.82. The van der Waals surface area contributed by atoms with Crippen molar-refractivity contribution in [2.75, 3.05) is 40.0 Å². The van der Waals surface area contributed by atoms with Crippen LogP contribution in [0.2, 0.25) is 0 Å². The van der Waals surface area contributed by atoms with Crippen LogP contribution in [0.25, 0.3) is 11.3 Å². The molecule has 1 aromatic heterocycles. The summed E-state index contributed by atoms with van der Waals surface area (Å²) in [5, 5.41) is 12.6. The van der Waals surface area contributed by atoms with Crippen LogP contribution in [0.5, 0.6) is 5.75 Å². The Morgan fingerprint density at radius 3 is 2.70 bits per heavy atom. The van der Waals surface area contributed by atoms with Crippen molar-refractivity contribution < 1.29 is 19.0 Å². The van der Waals surface area contributed by atoms with E-state index >= 15 is 0 Å². The molecular weight excluding hydrogens is 530 g/mol. The van der Waals surface area contributed by atoms with Crippen molar-refractivity contribution in [2.45, 2.75) is 58.9 Å². The van der Waals surface area contributed by atoms with Gasteiger partial charge in [-0.1, -0.05) is 0 Å². The van der Waals surface area contributed by atoms with Gasteiger partial charge < -0.3 is 14.2 Å². The number of nitrogens with zero attached hydrogens (tertiary/aromatic N) is 6. The Balaban J connectivity index is 1.53. The quantitative estimate of drug-likeness (QED) is 0.445. The lowest BCUT2D eigenvalue weighted by Crippen LogP contribution is -2.37. The summed E-state index contributed by atoms with van der Waals surface area (Å²) in [6.45, 7) is 14.1. The molecule has 4 heterocycles. The highest BCUT2D eigenvalue weighted by Gasteiger charge is 2.30. The Morgan fingerprint density at radius 2 is 1.98 bits per heavy atom. The molecule has 40 heavy (non-hydrogen) atoms. The average molecular weight is 568 g/mol.